The van der Waals surface area contributed by atoms with E-state index in [0.29, 0.717) is 33.8 Å². The van der Waals surface area contributed by atoms with E-state index in [1.165, 1.54) is 12.1 Å². The Labute approximate surface area is 206 Å². The number of hydrogen-bond acceptors (Lipinski definition) is 5. The number of benzene rings is 1. The number of rotatable bonds is 6. The molecule has 1 aliphatic heterocycles. The van der Waals surface area contributed by atoms with Crippen molar-refractivity contribution in [1.29, 1.82) is 0 Å². The van der Waals surface area contributed by atoms with Gasteiger partial charge in [-0.15, -0.1) is 0 Å². The van der Waals surface area contributed by atoms with Crippen LogP contribution in [0.1, 0.15) is 39.6 Å². The number of nitrogens with one attached hydrogen (secondary N) is 1. The van der Waals surface area contributed by atoms with Crippen molar-refractivity contribution in [2.75, 3.05) is 0 Å². The van der Waals surface area contributed by atoms with E-state index in [4.69, 9.17) is 28.2 Å². The van der Waals surface area contributed by atoms with E-state index in [1.807, 2.05) is 47.4 Å². The predicted octanol–water partition coefficient (Wildman–Crippen LogP) is 5.26. The van der Waals surface area contributed by atoms with E-state index >= 15 is 0 Å². The van der Waals surface area contributed by atoms with Crippen molar-refractivity contribution in [2.45, 2.75) is 18.6 Å². The van der Waals surface area contributed by atoms with E-state index in [-0.39, 0.29) is 17.6 Å². The third kappa shape index (κ3) is 4.25. The van der Waals surface area contributed by atoms with Gasteiger partial charge in [0.05, 0.1) is 34.6 Å². The normalized spacial score (nSPS) is 17.6. The van der Waals surface area contributed by atoms with Crippen LogP contribution in [0.15, 0.2) is 83.5 Å². The molecule has 0 unspecified atom stereocenters. The fourth-order valence-corrected chi connectivity index (χ4v) is 4.57. The second-order valence-electron chi connectivity index (χ2n) is 7.78. The van der Waals surface area contributed by atoms with Crippen LogP contribution in [0.3, 0.4) is 0 Å². The summed E-state index contributed by atoms with van der Waals surface area (Å²) in [5, 5.41) is 13.7. The molecule has 4 aromatic rings. The van der Waals surface area contributed by atoms with Gasteiger partial charge in [0.2, 0.25) is 0 Å². The van der Waals surface area contributed by atoms with Crippen LogP contribution in [0.2, 0.25) is 5.02 Å². The number of furan rings is 1. The van der Waals surface area contributed by atoms with E-state index in [1.54, 1.807) is 24.5 Å². The molecule has 2 N–H and O–H groups in total. The number of pyridine rings is 2. The molecule has 7 nitrogen and oxygen atoms in total. The first kappa shape index (κ1) is 22.1. The molecule has 0 aliphatic carbocycles. The quantitative estimate of drug-likeness (QED) is 0.353. The lowest BCUT2D eigenvalue weighted by Crippen LogP contribution is -2.29. The molecule has 34 heavy (non-hydrogen) atoms. The molecule has 2 atom stereocenters. The van der Waals surface area contributed by atoms with Crippen LogP contribution in [0.4, 0.5) is 0 Å². The van der Waals surface area contributed by atoms with Gasteiger partial charge in [0, 0.05) is 18.0 Å². The number of carboxylic acid groups (broad SMARTS) is 1. The molecule has 9 heteroatoms. The maximum absolute atomic E-state index is 11.4. The maximum Gasteiger partial charge on any atom is 0.335 e. The highest BCUT2D eigenvalue weighted by atomic mass is 35.5. The summed E-state index contributed by atoms with van der Waals surface area (Å²) >= 11 is 12.1. The second kappa shape index (κ2) is 9.24. The molecule has 1 fully saturated rings. The minimum Gasteiger partial charge on any atom is -0.478 e. The molecule has 0 bridgehead atoms. The Morgan fingerprint density at radius 2 is 1.88 bits per heavy atom. The van der Waals surface area contributed by atoms with Crippen molar-refractivity contribution >= 4 is 34.9 Å². The van der Waals surface area contributed by atoms with Crippen molar-refractivity contribution in [1.82, 2.24) is 20.2 Å². The van der Waals surface area contributed by atoms with Crippen molar-refractivity contribution in [2.24, 2.45) is 0 Å². The van der Waals surface area contributed by atoms with Crippen molar-refractivity contribution in [3.05, 3.63) is 107 Å². The number of aromatic nitrogens is 2. The summed E-state index contributed by atoms with van der Waals surface area (Å²) in [5.41, 5.74) is 2.32. The van der Waals surface area contributed by atoms with Gasteiger partial charge in [-0.1, -0.05) is 23.7 Å². The Bertz CT molecular complexity index is 1350. The molecule has 4 heterocycles. The van der Waals surface area contributed by atoms with Gasteiger partial charge in [0.1, 0.15) is 17.6 Å². The molecule has 5 rings (SSSR count). The number of carboxylic acids is 1. The first-order valence-electron chi connectivity index (χ1n) is 10.5. The van der Waals surface area contributed by atoms with Gasteiger partial charge in [-0.2, -0.15) is 0 Å². The van der Waals surface area contributed by atoms with E-state index in [0.717, 1.165) is 11.4 Å². The summed E-state index contributed by atoms with van der Waals surface area (Å²) in [4.78, 5) is 22.4. The Morgan fingerprint density at radius 3 is 2.59 bits per heavy atom. The largest absolute Gasteiger partial charge is 0.478 e. The lowest BCUT2D eigenvalue weighted by molar-refractivity contribution is 0.0697. The van der Waals surface area contributed by atoms with E-state index in [9.17, 15) is 9.90 Å². The fourth-order valence-electron chi connectivity index (χ4n) is 4.05. The van der Waals surface area contributed by atoms with Crippen LogP contribution in [0.25, 0.3) is 11.3 Å². The zero-order valence-electron chi connectivity index (χ0n) is 17.8. The standard InChI is InChI=1S/C25H19ClN4O3S/c26-18-8-7-15(24(31)32)13-17(18)20-9-10-21(33-20)23-22(19-6-2-4-12-28-19)29-25(34)30(23)14-16-5-1-3-11-27-16/h1-13,22-23H,14H2,(H,29,34)(H,31,32)/t22-,23+/m1/s1. The Morgan fingerprint density at radius 1 is 1.09 bits per heavy atom. The summed E-state index contributed by atoms with van der Waals surface area (Å²) in [6.45, 7) is 0.478. The molecule has 0 amide bonds. The van der Waals surface area contributed by atoms with Crippen molar-refractivity contribution < 1.29 is 14.3 Å². The average molecular weight is 491 g/mol. The predicted molar refractivity (Wildman–Crippen MR) is 131 cm³/mol. The highest BCUT2D eigenvalue weighted by Crippen LogP contribution is 2.41. The summed E-state index contributed by atoms with van der Waals surface area (Å²) in [6, 6.07) is 19.1. The lowest BCUT2D eigenvalue weighted by Gasteiger charge is -2.25. The average Bonchev–Trinajstić information content (AvgIpc) is 3.45. The van der Waals surface area contributed by atoms with Crippen LogP contribution in [-0.4, -0.2) is 31.1 Å². The third-order valence-corrected chi connectivity index (χ3v) is 6.34. The van der Waals surface area contributed by atoms with Gasteiger partial charge in [-0.3, -0.25) is 9.97 Å². The van der Waals surface area contributed by atoms with Crippen LogP contribution in [0.5, 0.6) is 0 Å². The highest BCUT2D eigenvalue weighted by molar-refractivity contribution is 7.80. The highest BCUT2D eigenvalue weighted by Gasteiger charge is 2.41. The number of halogens is 1. The van der Waals surface area contributed by atoms with Crippen LogP contribution < -0.4 is 5.32 Å². The molecule has 0 saturated carbocycles. The molecule has 1 aromatic carbocycles. The Hall–Kier alpha value is -3.75. The molecular weight excluding hydrogens is 472 g/mol. The summed E-state index contributed by atoms with van der Waals surface area (Å²) in [6.07, 6.45) is 3.48. The van der Waals surface area contributed by atoms with Crippen molar-refractivity contribution in [3.8, 4) is 11.3 Å². The van der Waals surface area contributed by atoms with E-state index in [2.05, 4.69) is 15.3 Å². The molecule has 0 radical (unpaired) electrons. The van der Waals surface area contributed by atoms with Gasteiger partial charge in [0.25, 0.3) is 0 Å². The Kier molecular flexibility index (Phi) is 6.00. The van der Waals surface area contributed by atoms with Gasteiger partial charge < -0.3 is 19.7 Å². The van der Waals surface area contributed by atoms with Gasteiger partial charge >= 0.3 is 5.97 Å². The van der Waals surface area contributed by atoms with Crippen LogP contribution in [-0.2, 0) is 6.54 Å². The molecule has 0 spiro atoms. The lowest BCUT2D eigenvalue weighted by atomic mass is 10.0. The van der Waals surface area contributed by atoms with Crippen LogP contribution >= 0.6 is 23.8 Å². The van der Waals surface area contributed by atoms with Crippen molar-refractivity contribution in [3.63, 3.8) is 0 Å². The maximum atomic E-state index is 11.4. The third-order valence-electron chi connectivity index (χ3n) is 5.65. The first-order chi connectivity index (χ1) is 16.5. The summed E-state index contributed by atoms with van der Waals surface area (Å²) in [7, 11) is 0. The molecular formula is C25H19ClN4O3S. The van der Waals surface area contributed by atoms with Gasteiger partial charge in [-0.25, -0.2) is 4.79 Å². The monoisotopic (exact) mass is 490 g/mol. The molecule has 1 saturated heterocycles. The molecule has 170 valence electrons. The SMILES string of the molecule is O=C(O)c1ccc(Cl)c(-c2ccc([C@H]3[C@@H](c4ccccn4)NC(=S)N3Cc3ccccn3)o2)c1. The second-order valence-corrected chi connectivity index (χ2v) is 8.57. The Balaban J connectivity index is 1.56. The summed E-state index contributed by atoms with van der Waals surface area (Å²) in [5.74, 6) is 0.0796. The van der Waals surface area contributed by atoms with E-state index < -0.39 is 5.97 Å². The molecule has 3 aromatic heterocycles. The summed E-state index contributed by atoms with van der Waals surface area (Å²) < 4.78 is 6.27. The van der Waals surface area contributed by atoms with Gasteiger partial charge in [-0.05, 0) is 66.8 Å². The zero-order chi connectivity index (χ0) is 23.7. The first-order valence-corrected chi connectivity index (χ1v) is 11.3. The number of carbonyl (C=O) groups is 1. The molecule has 1 aliphatic rings. The minimum absolute atomic E-state index is 0.129. The zero-order valence-corrected chi connectivity index (χ0v) is 19.3. The fraction of sp³-hybridized carbons (Fsp3) is 0.120. The number of thiocarbonyl (C=S) groups is 1. The van der Waals surface area contributed by atoms with Crippen LogP contribution in [0, 0.1) is 0 Å². The van der Waals surface area contributed by atoms with Gasteiger partial charge in [0.15, 0.2) is 5.11 Å². The minimum atomic E-state index is -1.04. The smallest absolute Gasteiger partial charge is 0.335 e. The topological polar surface area (TPSA) is 91.5 Å². The number of nitrogens with zero attached hydrogens (tertiary/aromatic N) is 3. The number of aromatic carboxylic acids is 1. The number of hydrogen-bond donors (Lipinski definition) is 2.